The summed E-state index contributed by atoms with van der Waals surface area (Å²) in [4.78, 5) is 0. The summed E-state index contributed by atoms with van der Waals surface area (Å²) < 4.78 is 2.14. The lowest BCUT2D eigenvalue weighted by Crippen LogP contribution is -1.87. The molecule has 4 rings (SSSR count). The minimum atomic E-state index is 0.339. The van der Waals surface area contributed by atoms with Gasteiger partial charge < -0.3 is 9.67 Å². The highest BCUT2D eigenvalue weighted by atomic mass is 16.3. The van der Waals surface area contributed by atoms with E-state index < -0.39 is 0 Å². The van der Waals surface area contributed by atoms with Gasteiger partial charge in [0.15, 0.2) is 0 Å². The average Bonchev–Trinajstić information content (AvgIpc) is 2.81. The molecule has 0 aliphatic heterocycles. The molecule has 0 unspecified atom stereocenters. The van der Waals surface area contributed by atoms with Crippen molar-refractivity contribution >= 4 is 21.8 Å². The Hall–Kier alpha value is -2.74. The Labute approximate surface area is 129 Å². The SMILES string of the molecule is Cc1cccc(-c2cc(O)c3c4ccccc4n(C)c3c2)c1. The first-order chi connectivity index (χ1) is 10.6. The van der Waals surface area contributed by atoms with Crippen LogP contribution in [0.3, 0.4) is 0 Å². The van der Waals surface area contributed by atoms with Gasteiger partial charge in [0.05, 0.1) is 5.52 Å². The van der Waals surface area contributed by atoms with Crippen molar-refractivity contribution in [1.29, 1.82) is 0 Å². The molecule has 2 nitrogen and oxygen atoms in total. The van der Waals surface area contributed by atoms with Crippen molar-refractivity contribution < 1.29 is 5.11 Å². The van der Waals surface area contributed by atoms with Crippen molar-refractivity contribution in [2.75, 3.05) is 0 Å². The topological polar surface area (TPSA) is 25.2 Å². The van der Waals surface area contributed by atoms with Gasteiger partial charge in [-0.25, -0.2) is 0 Å². The summed E-state index contributed by atoms with van der Waals surface area (Å²) in [5, 5.41) is 12.6. The Balaban J connectivity index is 2.09. The van der Waals surface area contributed by atoms with Crippen molar-refractivity contribution in [2.45, 2.75) is 6.92 Å². The molecule has 3 aromatic carbocycles. The van der Waals surface area contributed by atoms with Gasteiger partial charge in [-0.3, -0.25) is 0 Å². The summed E-state index contributed by atoms with van der Waals surface area (Å²) in [6, 6.07) is 20.6. The maximum atomic E-state index is 10.6. The number of hydrogen-bond acceptors (Lipinski definition) is 1. The maximum absolute atomic E-state index is 10.6. The zero-order valence-corrected chi connectivity index (χ0v) is 12.7. The van der Waals surface area contributed by atoms with Crippen molar-refractivity contribution in [3.63, 3.8) is 0 Å². The number of para-hydroxylation sites is 1. The Morgan fingerprint density at radius 3 is 2.45 bits per heavy atom. The molecule has 0 fully saturated rings. The molecule has 1 aromatic heterocycles. The largest absolute Gasteiger partial charge is 0.507 e. The van der Waals surface area contributed by atoms with Crippen LogP contribution in [0.1, 0.15) is 5.56 Å². The molecule has 0 atom stereocenters. The number of nitrogens with zero attached hydrogens (tertiary/aromatic N) is 1. The minimum Gasteiger partial charge on any atom is -0.507 e. The van der Waals surface area contributed by atoms with E-state index in [0.717, 1.165) is 32.9 Å². The molecule has 0 radical (unpaired) electrons. The number of aryl methyl sites for hydroxylation is 2. The third-order valence-electron chi connectivity index (χ3n) is 4.34. The monoisotopic (exact) mass is 287 g/mol. The Kier molecular flexibility index (Phi) is 2.73. The van der Waals surface area contributed by atoms with E-state index in [4.69, 9.17) is 0 Å². The van der Waals surface area contributed by atoms with E-state index in [9.17, 15) is 5.11 Å². The van der Waals surface area contributed by atoms with Crippen LogP contribution in [0, 0.1) is 6.92 Å². The molecule has 1 N–H and O–H groups in total. The second-order valence-electron chi connectivity index (χ2n) is 5.84. The highest BCUT2D eigenvalue weighted by molar-refractivity contribution is 6.12. The number of benzene rings is 3. The van der Waals surface area contributed by atoms with Crippen LogP contribution >= 0.6 is 0 Å². The fraction of sp³-hybridized carbons (Fsp3) is 0.100. The minimum absolute atomic E-state index is 0.339. The number of aromatic nitrogens is 1. The lowest BCUT2D eigenvalue weighted by atomic mass is 10.0. The zero-order chi connectivity index (χ0) is 15.3. The van der Waals surface area contributed by atoms with Gasteiger partial charge in [-0.1, -0.05) is 48.0 Å². The standard InChI is InChI=1S/C20H17NO/c1-13-6-5-7-14(10-13)15-11-18-20(19(22)12-15)16-8-3-4-9-17(16)21(18)2/h3-12,22H,1-2H3. The van der Waals surface area contributed by atoms with E-state index in [-0.39, 0.29) is 0 Å². The molecule has 0 saturated heterocycles. The predicted octanol–water partition coefficient (Wildman–Crippen LogP) is 5.01. The molecule has 0 saturated carbocycles. The molecule has 22 heavy (non-hydrogen) atoms. The van der Waals surface area contributed by atoms with Crippen LogP contribution in [0.4, 0.5) is 0 Å². The Morgan fingerprint density at radius 2 is 1.64 bits per heavy atom. The molecule has 0 aliphatic rings. The van der Waals surface area contributed by atoms with Gasteiger partial charge in [0.1, 0.15) is 5.75 Å². The molecule has 0 bridgehead atoms. The van der Waals surface area contributed by atoms with E-state index in [1.165, 1.54) is 5.56 Å². The Morgan fingerprint density at radius 1 is 0.818 bits per heavy atom. The van der Waals surface area contributed by atoms with Gasteiger partial charge in [-0.2, -0.15) is 0 Å². The molecular formula is C20H17NO. The summed E-state index contributed by atoms with van der Waals surface area (Å²) in [6.07, 6.45) is 0. The fourth-order valence-corrected chi connectivity index (χ4v) is 3.25. The van der Waals surface area contributed by atoms with Gasteiger partial charge in [0.2, 0.25) is 0 Å². The number of phenolic OH excluding ortho intramolecular Hbond substituents is 1. The number of aromatic hydroxyl groups is 1. The van der Waals surface area contributed by atoms with Gasteiger partial charge in [-0.05, 0) is 36.2 Å². The highest BCUT2D eigenvalue weighted by Gasteiger charge is 2.13. The first-order valence-electron chi connectivity index (χ1n) is 7.42. The molecule has 4 aromatic rings. The number of hydrogen-bond donors (Lipinski definition) is 1. The van der Waals surface area contributed by atoms with E-state index in [1.54, 1.807) is 0 Å². The first kappa shape index (κ1) is 13.0. The van der Waals surface area contributed by atoms with Crippen LogP contribution in [0.15, 0.2) is 60.7 Å². The fourth-order valence-electron chi connectivity index (χ4n) is 3.25. The molecule has 0 amide bonds. The molecular weight excluding hydrogens is 270 g/mol. The third-order valence-corrected chi connectivity index (χ3v) is 4.34. The van der Waals surface area contributed by atoms with Crippen molar-refractivity contribution in [3.8, 4) is 16.9 Å². The number of fused-ring (bicyclic) bond motifs is 3. The maximum Gasteiger partial charge on any atom is 0.126 e. The van der Waals surface area contributed by atoms with Crippen molar-refractivity contribution in [3.05, 3.63) is 66.2 Å². The lowest BCUT2D eigenvalue weighted by molar-refractivity contribution is 0.482. The average molecular weight is 287 g/mol. The molecule has 0 spiro atoms. The summed E-state index contributed by atoms with van der Waals surface area (Å²) in [5.41, 5.74) is 5.57. The van der Waals surface area contributed by atoms with Crippen LogP contribution in [-0.2, 0) is 7.05 Å². The van der Waals surface area contributed by atoms with Gasteiger partial charge in [0, 0.05) is 23.3 Å². The van der Waals surface area contributed by atoms with Crippen LogP contribution in [0.5, 0.6) is 5.75 Å². The van der Waals surface area contributed by atoms with E-state index in [1.807, 2.05) is 31.3 Å². The summed E-state index contributed by atoms with van der Waals surface area (Å²) in [7, 11) is 2.05. The normalized spacial score (nSPS) is 11.4. The van der Waals surface area contributed by atoms with Gasteiger partial charge >= 0.3 is 0 Å². The predicted molar refractivity (Wildman–Crippen MR) is 92.3 cm³/mol. The first-order valence-corrected chi connectivity index (χ1v) is 7.42. The smallest absolute Gasteiger partial charge is 0.126 e. The summed E-state index contributed by atoms with van der Waals surface area (Å²) >= 11 is 0. The molecule has 1 heterocycles. The molecule has 0 aliphatic carbocycles. The number of phenols is 1. The van der Waals surface area contributed by atoms with Crippen LogP contribution in [0.25, 0.3) is 32.9 Å². The highest BCUT2D eigenvalue weighted by Crippen LogP contribution is 2.38. The van der Waals surface area contributed by atoms with Gasteiger partial charge in [-0.15, -0.1) is 0 Å². The molecule has 2 heteroatoms. The quantitative estimate of drug-likeness (QED) is 0.523. The van der Waals surface area contributed by atoms with Crippen molar-refractivity contribution in [2.24, 2.45) is 7.05 Å². The summed E-state index contributed by atoms with van der Waals surface area (Å²) in [6.45, 7) is 2.08. The number of rotatable bonds is 1. The van der Waals surface area contributed by atoms with Gasteiger partial charge in [0.25, 0.3) is 0 Å². The van der Waals surface area contributed by atoms with Crippen LogP contribution < -0.4 is 0 Å². The zero-order valence-electron chi connectivity index (χ0n) is 12.7. The van der Waals surface area contributed by atoms with E-state index in [2.05, 4.69) is 47.9 Å². The van der Waals surface area contributed by atoms with E-state index in [0.29, 0.717) is 5.75 Å². The van der Waals surface area contributed by atoms with E-state index >= 15 is 0 Å². The second-order valence-corrected chi connectivity index (χ2v) is 5.84. The van der Waals surface area contributed by atoms with Crippen LogP contribution in [-0.4, -0.2) is 9.67 Å². The lowest BCUT2D eigenvalue weighted by Gasteiger charge is -2.06. The summed E-state index contributed by atoms with van der Waals surface area (Å²) in [5.74, 6) is 0.339. The Bertz CT molecular complexity index is 1010. The van der Waals surface area contributed by atoms with Crippen molar-refractivity contribution in [1.82, 2.24) is 4.57 Å². The third kappa shape index (κ3) is 1.81. The van der Waals surface area contributed by atoms with Crippen LogP contribution in [0.2, 0.25) is 0 Å². The molecule has 108 valence electrons. The second kappa shape index (κ2) is 4.63.